The highest BCUT2D eigenvalue weighted by atomic mass is 19.4. The fourth-order valence-corrected chi connectivity index (χ4v) is 1.43. The number of unbranched alkanes of at least 4 members (excludes halogenated alkanes) is 4. The molecule has 102 valence electrons. The summed E-state index contributed by atoms with van der Waals surface area (Å²) in [6, 6.07) is 0. The summed E-state index contributed by atoms with van der Waals surface area (Å²) in [4.78, 5) is 10.3. The molecule has 0 saturated carbocycles. The third kappa shape index (κ3) is 10.1. The Morgan fingerprint density at radius 2 is 1.59 bits per heavy atom. The molecule has 0 aliphatic rings. The summed E-state index contributed by atoms with van der Waals surface area (Å²) in [6.07, 6.45) is 0.856. The maximum atomic E-state index is 11.7. The van der Waals surface area contributed by atoms with Gasteiger partial charge in [-0.05, 0) is 12.3 Å². The van der Waals surface area contributed by atoms with Gasteiger partial charge in [0.25, 0.3) is 0 Å². The van der Waals surface area contributed by atoms with Crippen molar-refractivity contribution in [1.82, 2.24) is 0 Å². The van der Waals surface area contributed by atoms with Crippen molar-refractivity contribution in [2.75, 3.05) is 6.61 Å². The standard InChI is InChI=1S/C12H21F3O2/c1-10(2)8-6-4-3-5-7-9-17-11(16)12(13,14)15/h10H,3-9H2,1-2H3. The predicted molar refractivity (Wildman–Crippen MR) is 59.6 cm³/mol. The number of carbonyl (C=O) groups is 1. The molecule has 0 bridgehead atoms. The highest BCUT2D eigenvalue weighted by Crippen LogP contribution is 2.17. The van der Waals surface area contributed by atoms with E-state index in [1.165, 1.54) is 6.42 Å². The smallest absolute Gasteiger partial charge is 0.459 e. The molecule has 0 rings (SSSR count). The SMILES string of the molecule is CC(C)CCCCCCCOC(=O)C(F)(F)F. The van der Waals surface area contributed by atoms with Crippen LogP contribution in [0.2, 0.25) is 0 Å². The molecular weight excluding hydrogens is 233 g/mol. The van der Waals surface area contributed by atoms with E-state index < -0.39 is 12.1 Å². The fraction of sp³-hybridized carbons (Fsp3) is 0.917. The number of halogens is 3. The topological polar surface area (TPSA) is 26.3 Å². The molecule has 0 aromatic carbocycles. The van der Waals surface area contributed by atoms with Gasteiger partial charge < -0.3 is 4.74 Å². The van der Waals surface area contributed by atoms with Crippen LogP contribution >= 0.6 is 0 Å². The van der Waals surface area contributed by atoms with Crippen molar-refractivity contribution in [2.24, 2.45) is 5.92 Å². The highest BCUT2D eigenvalue weighted by Gasteiger charge is 2.40. The lowest BCUT2D eigenvalue weighted by Gasteiger charge is -2.07. The van der Waals surface area contributed by atoms with Crippen molar-refractivity contribution < 1.29 is 22.7 Å². The first-order chi connectivity index (χ1) is 7.84. The molecule has 0 atom stereocenters. The van der Waals surface area contributed by atoms with Crippen LogP contribution in [0.15, 0.2) is 0 Å². The molecule has 0 fully saturated rings. The number of hydrogen-bond acceptors (Lipinski definition) is 2. The summed E-state index contributed by atoms with van der Waals surface area (Å²) in [5.41, 5.74) is 0. The zero-order valence-electron chi connectivity index (χ0n) is 10.5. The zero-order valence-corrected chi connectivity index (χ0v) is 10.5. The Kier molecular flexibility index (Phi) is 8.00. The summed E-state index contributed by atoms with van der Waals surface area (Å²) >= 11 is 0. The molecular formula is C12H21F3O2. The maximum absolute atomic E-state index is 11.7. The van der Waals surface area contributed by atoms with E-state index in [2.05, 4.69) is 18.6 Å². The Hall–Kier alpha value is -0.740. The lowest BCUT2D eigenvalue weighted by atomic mass is 10.0. The van der Waals surface area contributed by atoms with E-state index in [0.29, 0.717) is 12.3 Å². The Balaban J connectivity index is 3.27. The van der Waals surface area contributed by atoms with Gasteiger partial charge in [-0.25, -0.2) is 4.79 Å². The lowest BCUT2D eigenvalue weighted by molar-refractivity contribution is -0.199. The van der Waals surface area contributed by atoms with Crippen molar-refractivity contribution >= 4 is 5.97 Å². The van der Waals surface area contributed by atoms with Crippen LogP contribution in [0.5, 0.6) is 0 Å². The van der Waals surface area contributed by atoms with Crippen molar-refractivity contribution in [3.8, 4) is 0 Å². The number of alkyl halides is 3. The van der Waals surface area contributed by atoms with Crippen LogP contribution in [0.1, 0.15) is 52.4 Å². The number of ether oxygens (including phenoxy) is 1. The van der Waals surface area contributed by atoms with E-state index in [-0.39, 0.29) is 6.61 Å². The lowest BCUT2D eigenvalue weighted by Crippen LogP contribution is -2.25. The van der Waals surface area contributed by atoms with Gasteiger partial charge in [-0.15, -0.1) is 0 Å². The first-order valence-corrected chi connectivity index (χ1v) is 6.08. The molecule has 0 radical (unpaired) electrons. The van der Waals surface area contributed by atoms with E-state index in [0.717, 1.165) is 25.7 Å². The van der Waals surface area contributed by atoms with Crippen molar-refractivity contribution in [1.29, 1.82) is 0 Å². The monoisotopic (exact) mass is 254 g/mol. The summed E-state index contributed by atoms with van der Waals surface area (Å²) in [5.74, 6) is -1.39. The van der Waals surface area contributed by atoms with Crippen LogP contribution in [0, 0.1) is 5.92 Å². The minimum absolute atomic E-state index is 0.136. The molecule has 17 heavy (non-hydrogen) atoms. The molecule has 0 saturated heterocycles. The second kappa shape index (κ2) is 8.37. The first-order valence-electron chi connectivity index (χ1n) is 6.08. The second-order valence-electron chi connectivity index (χ2n) is 4.58. The molecule has 0 aromatic rings. The predicted octanol–water partition coefficient (Wildman–Crippen LogP) is 4.09. The minimum Gasteiger partial charge on any atom is -0.459 e. The molecule has 0 N–H and O–H groups in total. The molecule has 0 heterocycles. The maximum Gasteiger partial charge on any atom is 0.490 e. The summed E-state index contributed by atoms with van der Waals surface area (Å²) < 4.78 is 39.3. The molecule has 0 aromatic heterocycles. The molecule has 2 nitrogen and oxygen atoms in total. The molecule has 0 amide bonds. The Morgan fingerprint density at radius 3 is 2.12 bits per heavy atom. The number of rotatable bonds is 8. The number of carbonyl (C=O) groups excluding carboxylic acids is 1. The first kappa shape index (κ1) is 16.3. The third-order valence-electron chi connectivity index (χ3n) is 2.39. The minimum atomic E-state index is -4.86. The zero-order chi connectivity index (χ0) is 13.3. The summed E-state index contributed by atoms with van der Waals surface area (Å²) in [5, 5.41) is 0. The Labute approximate surface area is 101 Å². The van der Waals surface area contributed by atoms with Gasteiger partial charge in [0, 0.05) is 0 Å². The van der Waals surface area contributed by atoms with Gasteiger partial charge >= 0.3 is 12.1 Å². The Morgan fingerprint density at radius 1 is 1.06 bits per heavy atom. The van der Waals surface area contributed by atoms with Crippen LogP contribution in [0.25, 0.3) is 0 Å². The van der Waals surface area contributed by atoms with E-state index in [1.807, 2.05) is 0 Å². The fourth-order valence-electron chi connectivity index (χ4n) is 1.43. The average molecular weight is 254 g/mol. The molecule has 0 spiro atoms. The second-order valence-corrected chi connectivity index (χ2v) is 4.58. The van der Waals surface area contributed by atoms with Gasteiger partial charge in [0.15, 0.2) is 0 Å². The molecule has 5 heteroatoms. The van der Waals surface area contributed by atoms with Crippen molar-refractivity contribution in [2.45, 2.75) is 58.5 Å². The third-order valence-corrected chi connectivity index (χ3v) is 2.39. The molecule has 0 aliphatic carbocycles. The van der Waals surface area contributed by atoms with Gasteiger partial charge in [-0.3, -0.25) is 0 Å². The van der Waals surface area contributed by atoms with Crippen LogP contribution in [-0.2, 0) is 9.53 Å². The normalized spacial score (nSPS) is 11.9. The van der Waals surface area contributed by atoms with Gasteiger partial charge in [-0.1, -0.05) is 46.0 Å². The van der Waals surface area contributed by atoms with E-state index in [4.69, 9.17) is 0 Å². The average Bonchev–Trinajstić information content (AvgIpc) is 2.19. The molecule has 0 aliphatic heterocycles. The highest BCUT2D eigenvalue weighted by molar-refractivity contribution is 5.75. The Bertz CT molecular complexity index is 212. The van der Waals surface area contributed by atoms with Gasteiger partial charge in [0.2, 0.25) is 0 Å². The quantitative estimate of drug-likeness (QED) is 0.481. The van der Waals surface area contributed by atoms with Crippen LogP contribution < -0.4 is 0 Å². The van der Waals surface area contributed by atoms with Gasteiger partial charge in [0.1, 0.15) is 0 Å². The number of esters is 1. The van der Waals surface area contributed by atoms with Gasteiger partial charge in [0.05, 0.1) is 6.61 Å². The van der Waals surface area contributed by atoms with Crippen molar-refractivity contribution in [3.05, 3.63) is 0 Å². The summed E-state index contributed by atoms with van der Waals surface area (Å²) in [6.45, 7) is 4.19. The largest absolute Gasteiger partial charge is 0.490 e. The van der Waals surface area contributed by atoms with Crippen LogP contribution in [-0.4, -0.2) is 18.8 Å². The van der Waals surface area contributed by atoms with Crippen LogP contribution in [0.4, 0.5) is 13.2 Å². The number of hydrogen-bond donors (Lipinski definition) is 0. The summed E-state index contributed by atoms with van der Waals surface area (Å²) in [7, 11) is 0. The van der Waals surface area contributed by atoms with E-state index in [1.54, 1.807) is 0 Å². The van der Waals surface area contributed by atoms with E-state index in [9.17, 15) is 18.0 Å². The van der Waals surface area contributed by atoms with Gasteiger partial charge in [-0.2, -0.15) is 13.2 Å². The molecule has 0 unspecified atom stereocenters. The van der Waals surface area contributed by atoms with Crippen LogP contribution in [0.3, 0.4) is 0 Å². The van der Waals surface area contributed by atoms with E-state index >= 15 is 0 Å². The van der Waals surface area contributed by atoms with Crippen molar-refractivity contribution in [3.63, 3.8) is 0 Å².